The summed E-state index contributed by atoms with van der Waals surface area (Å²) in [5, 5.41) is 0. The van der Waals surface area contributed by atoms with Crippen molar-refractivity contribution >= 4 is 5.78 Å². The third kappa shape index (κ3) is 7.85. The van der Waals surface area contributed by atoms with E-state index in [1.54, 1.807) is 0 Å². The van der Waals surface area contributed by atoms with Gasteiger partial charge in [-0.1, -0.05) is 57.2 Å². The van der Waals surface area contributed by atoms with Crippen LogP contribution < -0.4 is 21.2 Å². The predicted molar refractivity (Wildman–Crippen MR) is 73.0 cm³/mol. The number of rotatable bonds is 10. The van der Waals surface area contributed by atoms with Gasteiger partial charge in [0.05, 0.1) is 0 Å². The first-order valence-electron chi connectivity index (χ1n) is 6.99. The minimum Gasteiger partial charge on any atom is -0.295 e. The molecule has 0 atom stereocenters. The highest BCUT2D eigenvalue weighted by Crippen LogP contribution is 2.06. The molecule has 0 unspecified atom stereocenters. The average molecular weight is 359 g/mol. The van der Waals surface area contributed by atoms with Crippen molar-refractivity contribution in [2.45, 2.75) is 51.9 Å². The summed E-state index contributed by atoms with van der Waals surface area (Å²) < 4.78 is 2.20. The maximum Gasteiger partial charge on any atom is 0.321 e. The Hall–Kier alpha value is -0.380. The third-order valence-electron chi connectivity index (χ3n) is 2.91. The fourth-order valence-corrected chi connectivity index (χ4v) is 4.00. The molecule has 0 aliphatic heterocycles. The maximum atomic E-state index is 11.7. The number of hydrogen-bond donors (Lipinski definition) is 0. The lowest BCUT2D eigenvalue weighted by molar-refractivity contribution is -0.615. The SMILES string of the molecule is CCCCCCCCC(=O)C[I+]c1ccccc1. The van der Waals surface area contributed by atoms with Gasteiger partial charge in [0.25, 0.3) is 0 Å². The van der Waals surface area contributed by atoms with Gasteiger partial charge in [-0.05, 0) is 18.6 Å². The molecular weight excluding hydrogens is 335 g/mol. The van der Waals surface area contributed by atoms with Gasteiger partial charge in [-0.15, -0.1) is 0 Å². The van der Waals surface area contributed by atoms with Crippen LogP contribution in [0.5, 0.6) is 0 Å². The summed E-state index contributed by atoms with van der Waals surface area (Å²) in [4.78, 5) is 11.7. The van der Waals surface area contributed by atoms with Gasteiger partial charge in [-0.3, -0.25) is 4.79 Å². The molecule has 0 heterocycles. The van der Waals surface area contributed by atoms with E-state index in [1.165, 1.54) is 35.7 Å². The second kappa shape index (κ2) is 10.5. The quantitative estimate of drug-likeness (QED) is 0.349. The highest BCUT2D eigenvalue weighted by Gasteiger charge is 2.15. The molecule has 0 aliphatic carbocycles. The molecule has 0 N–H and O–H groups in total. The van der Waals surface area contributed by atoms with Gasteiger partial charge in [-0.25, -0.2) is 0 Å². The Kier molecular flexibility index (Phi) is 9.17. The lowest BCUT2D eigenvalue weighted by Gasteiger charge is -1.98. The summed E-state index contributed by atoms with van der Waals surface area (Å²) in [5.74, 6) is 0.474. The lowest BCUT2D eigenvalue weighted by atomic mass is 10.1. The molecule has 0 saturated carbocycles. The summed E-state index contributed by atoms with van der Waals surface area (Å²) >= 11 is -0.0951. The van der Waals surface area contributed by atoms with E-state index in [2.05, 4.69) is 31.2 Å². The van der Waals surface area contributed by atoms with Crippen molar-refractivity contribution in [1.29, 1.82) is 0 Å². The van der Waals surface area contributed by atoms with Gasteiger partial charge in [0, 0.05) is 6.42 Å². The van der Waals surface area contributed by atoms with Gasteiger partial charge in [-0.2, -0.15) is 0 Å². The summed E-state index contributed by atoms with van der Waals surface area (Å²) in [5.41, 5.74) is 0. The standard InChI is InChI=1S/C16H24IO/c1-2-3-4-5-6-10-13-16(18)14-17-15-11-8-7-9-12-15/h7-9,11-12H,2-6,10,13-14H2,1H3/q+1. The zero-order chi connectivity index (χ0) is 13.1. The minimum atomic E-state index is -0.0951. The van der Waals surface area contributed by atoms with E-state index < -0.39 is 0 Å². The second-order valence-corrected chi connectivity index (χ2v) is 7.39. The summed E-state index contributed by atoms with van der Waals surface area (Å²) in [6, 6.07) is 10.4. The van der Waals surface area contributed by atoms with Crippen molar-refractivity contribution in [3.05, 3.63) is 33.9 Å². The molecular formula is C16H24IO+. The lowest BCUT2D eigenvalue weighted by Crippen LogP contribution is -3.63. The number of halogens is 1. The fraction of sp³-hybridized carbons (Fsp3) is 0.562. The van der Waals surface area contributed by atoms with E-state index >= 15 is 0 Å². The first kappa shape index (κ1) is 15.7. The number of carbonyl (C=O) groups is 1. The average Bonchev–Trinajstić information content (AvgIpc) is 2.41. The Morgan fingerprint density at radius 3 is 2.39 bits per heavy atom. The molecule has 100 valence electrons. The molecule has 1 rings (SSSR count). The zero-order valence-electron chi connectivity index (χ0n) is 11.3. The molecule has 0 aliphatic rings. The van der Waals surface area contributed by atoms with Gasteiger partial charge < -0.3 is 0 Å². The number of unbranched alkanes of at least 4 members (excludes halogenated alkanes) is 5. The van der Waals surface area contributed by atoms with E-state index in [0.29, 0.717) is 5.78 Å². The monoisotopic (exact) mass is 359 g/mol. The van der Waals surface area contributed by atoms with Gasteiger partial charge in [0.15, 0.2) is 9.35 Å². The Morgan fingerprint density at radius 1 is 1.00 bits per heavy atom. The molecule has 0 aromatic heterocycles. The smallest absolute Gasteiger partial charge is 0.295 e. The number of Topliss-reactive ketones (excluding diaryl/α,β-unsaturated/α-hetero) is 1. The second-order valence-electron chi connectivity index (χ2n) is 4.62. The largest absolute Gasteiger partial charge is 0.321 e. The molecule has 0 spiro atoms. The van der Waals surface area contributed by atoms with E-state index in [1.807, 2.05) is 6.07 Å². The first-order chi connectivity index (χ1) is 8.83. The van der Waals surface area contributed by atoms with Crippen LogP contribution in [0.3, 0.4) is 0 Å². The van der Waals surface area contributed by atoms with Crippen LogP contribution in [0.1, 0.15) is 51.9 Å². The molecule has 1 aromatic carbocycles. The molecule has 0 saturated heterocycles. The van der Waals surface area contributed by atoms with Gasteiger partial charge >= 0.3 is 21.2 Å². The maximum absolute atomic E-state index is 11.7. The Morgan fingerprint density at radius 2 is 1.67 bits per heavy atom. The molecule has 18 heavy (non-hydrogen) atoms. The van der Waals surface area contributed by atoms with E-state index in [4.69, 9.17) is 0 Å². The first-order valence-corrected chi connectivity index (χ1v) is 9.59. The van der Waals surface area contributed by atoms with Crippen LogP contribution in [0.2, 0.25) is 0 Å². The van der Waals surface area contributed by atoms with Crippen molar-refractivity contribution < 1.29 is 26.0 Å². The predicted octanol–water partition coefficient (Wildman–Crippen LogP) is 1.26. The van der Waals surface area contributed by atoms with Gasteiger partial charge in [0.1, 0.15) is 0 Å². The van der Waals surface area contributed by atoms with Crippen LogP contribution in [-0.4, -0.2) is 10.2 Å². The van der Waals surface area contributed by atoms with Crippen LogP contribution in [-0.2, 0) is 4.79 Å². The highest BCUT2D eigenvalue weighted by atomic mass is 127. The van der Waals surface area contributed by atoms with Crippen LogP contribution in [0.4, 0.5) is 0 Å². The van der Waals surface area contributed by atoms with Gasteiger partial charge in [0.2, 0.25) is 4.43 Å². The minimum absolute atomic E-state index is 0.0951. The van der Waals surface area contributed by atoms with Crippen molar-refractivity contribution in [3.63, 3.8) is 0 Å². The molecule has 0 bridgehead atoms. The normalized spacial score (nSPS) is 10.5. The van der Waals surface area contributed by atoms with E-state index in [0.717, 1.165) is 17.3 Å². The van der Waals surface area contributed by atoms with Crippen LogP contribution >= 0.6 is 0 Å². The van der Waals surface area contributed by atoms with E-state index in [-0.39, 0.29) is 21.2 Å². The molecule has 0 fully saturated rings. The number of alkyl halides is 1. The molecule has 1 nitrogen and oxygen atoms in total. The highest BCUT2D eigenvalue weighted by molar-refractivity contribution is 5.79. The molecule has 2 heteroatoms. The molecule has 1 aromatic rings. The third-order valence-corrected chi connectivity index (χ3v) is 5.74. The number of carbonyl (C=O) groups excluding carboxylic acids is 1. The summed E-state index contributed by atoms with van der Waals surface area (Å²) in [7, 11) is 0. The zero-order valence-corrected chi connectivity index (χ0v) is 13.5. The van der Waals surface area contributed by atoms with Crippen molar-refractivity contribution in [3.8, 4) is 0 Å². The Labute approximate surface area is 122 Å². The Balaban J connectivity index is 2.01. The van der Waals surface area contributed by atoms with Crippen molar-refractivity contribution in [2.24, 2.45) is 0 Å². The number of hydrogen-bond acceptors (Lipinski definition) is 1. The van der Waals surface area contributed by atoms with Crippen LogP contribution in [0.15, 0.2) is 30.3 Å². The fourth-order valence-electron chi connectivity index (χ4n) is 1.82. The number of ketones is 1. The van der Waals surface area contributed by atoms with E-state index in [9.17, 15) is 4.79 Å². The molecule has 0 radical (unpaired) electrons. The Bertz CT molecular complexity index is 321. The molecule has 0 amide bonds. The van der Waals surface area contributed by atoms with Crippen LogP contribution in [0, 0.1) is 3.57 Å². The van der Waals surface area contributed by atoms with Crippen molar-refractivity contribution in [2.75, 3.05) is 4.43 Å². The summed E-state index contributed by atoms with van der Waals surface area (Å²) in [6.45, 7) is 2.23. The summed E-state index contributed by atoms with van der Waals surface area (Å²) in [6.07, 6.45) is 8.40. The van der Waals surface area contributed by atoms with Crippen molar-refractivity contribution in [1.82, 2.24) is 0 Å². The topological polar surface area (TPSA) is 17.1 Å². The number of benzene rings is 1. The van der Waals surface area contributed by atoms with Crippen LogP contribution in [0.25, 0.3) is 0 Å².